The number of nitrogens with one attached hydrogen (secondary N) is 4. The van der Waals surface area contributed by atoms with Crippen molar-refractivity contribution in [3.05, 3.63) is 102 Å². The molecule has 162 valence electrons. The number of rotatable bonds is 8. The average molecular weight is 459 g/mol. The Kier molecular flexibility index (Phi) is 9.80. The lowest BCUT2D eigenvalue weighted by atomic mass is 10.1. The van der Waals surface area contributed by atoms with Crippen molar-refractivity contribution in [3.8, 4) is 0 Å². The highest BCUT2D eigenvalue weighted by atomic mass is 32.1. The number of halogens is 2. The van der Waals surface area contributed by atoms with Crippen molar-refractivity contribution < 1.29 is 8.78 Å². The molecule has 2 aromatic rings. The van der Waals surface area contributed by atoms with E-state index >= 15 is 0 Å². The third-order valence-electron chi connectivity index (χ3n) is 4.02. The van der Waals surface area contributed by atoms with Crippen LogP contribution in [0.1, 0.15) is 18.1 Å². The second-order valence-corrected chi connectivity index (χ2v) is 7.24. The van der Waals surface area contributed by atoms with Crippen LogP contribution in [-0.4, -0.2) is 10.2 Å². The van der Waals surface area contributed by atoms with Gasteiger partial charge in [0, 0.05) is 13.1 Å². The Bertz CT molecular complexity index is 1000. The molecule has 0 aliphatic rings. The molecule has 0 saturated heterocycles. The largest absolute Gasteiger partial charge is 0.358 e. The minimum absolute atomic E-state index is 0.199. The summed E-state index contributed by atoms with van der Waals surface area (Å²) in [6.07, 6.45) is 5.02. The van der Waals surface area contributed by atoms with Crippen LogP contribution in [0.5, 0.6) is 0 Å². The molecule has 4 N–H and O–H groups in total. The summed E-state index contributed by atoms with van der Waals surface area (Å²) in [5, 5.41) is 12.3. The van der Waals surface area contributed by atoms with Crippen LogP contribution in [-0.2, 0) is 13.1 Å². The molecule has 0 aliphatic heterocycles. The van der Waals surface area contributed by atoms with Crippen LogP contribution < -0.4 is 21.3 Å². The summed E-state index contributed by atoms with van der Waals surface area (Å²) in [7, 11) is 0. The van der Waals surface area contributed by atoms with E-state index in [2.05, 4.69) is 27.8 Å². The molecule has 2 aromatic carbocycles. The highest BCUT2D eigenvalue weighted by Gasteiger charge is 2.05. The summed E-state index contributed by atoms with van der Waals surface area (Å²) in [5.41, 5.74) is 2.48. The van der Waals surface area contributed by atoms with E-state index in [1.807, 2.05) is 31.2 Å². The molecule has 0 spiro atoms. The number of hydrogen-bond acceptors (Lipinski definition) is 2. The van der Waals surface area contributed by atoms with Crippen LogP contribution in [0, 0.1) is 5.82 Å². The molecular formula is C23H24F2N4S2. The van der Waals surface area contributed by atoms with Gasteiger partial charge in [-0.2, -0.15) is 0 Å². The van der Waals surface area contributed by atoms with Crippen molar-refractivity contribution in [1.29, 1.82) is 0 Å². The van der Waals surface area contributed by atoms with Crippen LogP contribution in [0.3, 0.4) is 0 Å². The molecule has 0 amide bonds. The maximum atomic E-state index is 13.7. The maximum Gasteiger partial charge on any atom is 0.171 e. The quantitative estimate of drug-likeness (QED) is 0.321. The van der Waals surface area contributed by atoms with Crippen molar-refractivity contribution in [2.45, 2.75) is 20.0 Å². The zero-order chi connectivity index (χ0) is 22.6. The first-order valence-electron chi connectivity index (χ1n) is 9.49. The van der Waals surface area contributed by atoms with E-state index < -0.39 is 5.83 Å². The van der Waals surface area contributed by atoms with E-state index in [4.69, 9.17) is 24.4 Å². The number of benzene rings is 2. The zero-order valence-electron chi connectivity index (χ0n) is 17.0. The Morgan fingerprint density at radius 2 is 1.65 bits per heavy atom. The first-order valence-corrected chi connectivity index (χ1v) is 10.3. The van der Waals surface area contributed by atoms with E-state index in [1.54, 1.807) is 36.4 Å². The molecule has 0 unspecified atom stereocenters. The maximum absolute atomic E-state index is 13.7. The fourth-order valence-corrected chi connectivity index (χ4v) is 2.87. The number of hydrogen-bond donors (Lipinski definition) is 4. The summed E-state index contributed by atoms with van der Waals surface area (Å²) < 4.78 is 27.2. The first kappa shape index (κ1) is 24.2. The van der Waals surface area contributed by atoms with Crippen molar-refractivity contribution in [1.82, 2.24) is 16.0 Å². The van der Waals surface area contributed by atoms with Gasteiger partial charge in [-0.3, -0.25) is 0 Å². The smallest absolute Gasteiger partial charge is 0.171 e. The molecule has 0 aliphatic carbocycles. The van der Waals surface area contributed by atoms with E-state index in [0.29, 0.717) is 23.9 Å². The Morgan fingerprint density at radius 3 is 2.26 bits per heavy atom. The van der Waals surface area contributed by atoms with Gasteiger partial charge in [0.05, 0.1) is 11.4 Å². The fourth-order valence-electron chi connectivity index (χ4n) is 2.50. The van der Waals surface area contributed by atoms with Gasteiger partial charge in [0.2, 0.25) is 0 Å². The Balaban J connectivity index is 1.86. The lowest BCUT2D eigenvalue weighted by Gasteiger charge is -2.13. The normalized spacial score (nSPS) is 11.1. The molecule has 31 heavy (non-hydrogen) atoms. The van der Waals surface area contributed by atoms with Crippen molar-refractivity contribution in [3.63, 3.8) is 0 Å². The average Bonchev–Trinajstić information content (AvgIpc) is 2.75. The van der Waals surface area contributed by atoms with E-state index in [9.17, 15) is 8.78 Å². The molecule has 4 nitrogen and oxygen atoms in total. The monoisotopic (exact) mass is 458 g/mol. The molecule has 0 bridgehead atoms. The summed E-state index contributed by atoms with van der Waals surface area (Å²) in [4.78, 5) is 0. The van der Waals surface area contributed by atoms with Crippen molar-refractivity contribution >= 4 is 40.3 Å². The van der Waals surface area contributed by atoms with Crippen LogP contribution in [0.2, 0.25) is 0 Å². The van der Waals surface area contributed by atoms with Crippen LogP contribution in [0.25, 0.3) is 0 Å². The molecule has 0 saturated carbocycles. The molecule has 0 heterocycles. The van der Waals surface area contributed by atoms with Gasteiger partial charge in [-0.1, -0.05) is 55.1 Å². The summed E-state index contributed by atoms with van der Waals surface area (Å²) in [6, 6.07) is 14.1. The van der Waals surface area contributed by atoms with Gasteiger partial charge in [0.15, 0.2) is 10.2 Å². The van der Waals surface area contributed by atoms with Gasteiger partial charge in [-0.05, 0) is 60.7 Å². The predicted octanol–water partition coefficient (Wildman–Crippen LogP) is 5.22. The van der Waals surface area contributed by atoms with Crippen LogP contribution >= 0.6 is 24.4 Å². The van der Waals surface area contributed by atoms with Crippen LogP contribution in [0.4, 0.5) is 14.5 Å². The topological polar surface area (TPSA) is 48.1 Å². The predicted molar refractivity (Wildman–Crippen MR) is 132 cm³/mol. The minimum atomic E-state index is -0.602. The summed E-state index contributed by atoms with van der Waals surface area (Å²) in [5.74, 6) is -0.973. The van der Waals surface area contributed by atoms with E-state index in [1.165, 1.54) is 6.07 Å². The molecule has 0 aromatic heterocycles. The third-order valence-corrected chi connectivity index (χ3v) is 4.51. The van der Waals surface area contributed by atoms with Gasteiger partial charge in [-0.25, -0.2) is 8.78 Å². The van der Waals surface area contributed by atoms with Gasteiger partial charge < -0.3 is 21.3 Å². The molecule has 0 atom stereocenters. The minimum Gasteiger partial charge on any atom is -0.358 e. The number of anilines is 1. The fraction of sp³-hybridized carbons (Fsp3) is 0.130. The standard InChI is InChI=1S/C23H24F2N4S2/c1-3-4-11-20(16(2)24)28-22(30)26-14-17-8-7-9-18(13-17)15-27-23(31)29-21-12-6-5-10-19(21)25/h3-13H,2,14-15H2,1H3,(H2,26,28,30)(H2,27,29,31). The second-order valence-electron chi connectivity index (χ2n) is 6.43. The number of thiocarbonyl (C=S) groups is 2. The van der Waals surface area contributed by atoms with Crippen molar-refractivity contribution in [2.24, 2.45) is 0 Å². The van der Waals surface area contributed by atoms with Gasteiger partial charge in [0.1, 0.15) is 11.6 Å². The first-order chi connectivity index (χ1) is 14.9. The van der Waals surface area contributed by atoms with E-state index in [-0.39, 0.29) is 16.6 Å². The summed E-state index contributed by atoms with van der Waals surface area (Å²) >= 11 is 10.5. The van der Waals surface area contributed by atoms with Gasteiger partial charge in [0.25, 0.3) is 0 Å². The Morgan fingerprint density at radius 1 is 1.00 bits per heavy atom. The lowest BCUT2D eigenvalue weighted by Crippen LogP contribution is -2.34. The molecule has 0 radical (unpaired) electrons. The highest BCUT2D eigenvalue weighted by molar-refractivity contribution is 7.80. The molecule has 2 rings (SSSR count). The lowest BCUT2D eigenvalue weighted by molar-refractivity contribution is 0.632. The highest BCUT2D eigenvalue weighted by Crippen LogP contribution is 2.12. The Labute approximate surface area is 192 Å². The molecule has 8 heteroatoms. The van der Waals surface area contributed by atoms with Crippen LogP contribution in [0.15, 0.2) is 84.9 Å². The zero-order valence-corrected chi connectivity index (χ0v) is 18.7. The van der Waals surface area contributed by atoms with E-state index in [0.717, 1.165) is 11.1 Å². The van der Waals surface area contributed by atoms with Crippen molar-refractivity contribution in [2.75, 3.05) is 5.32 Å². The van der Waals surface area contributed by atoms with Gasteiger partial charge in [-0.15, -0.1) is 0 Å². The van der Waals surface area contributed by atoms with Gasteiger partial charge >= 0.3 is 0 Å². The third kappa shape index (κ3) is 8.65. The number of para-hydroxylation sites is 1. The number of allylic oxidation sites excluding steroid dienone is 4. The molecule has 0 fully saturated rings. The SMILES string of the molecule is C=C(F)C(=CC=CC)NC(=S)NCc1cccc(CNC(=S)Nc2ccccc2F)c1. The second kappa shape index (κ2) is 12.6. The Hall–Kier alpha value is -3.10. The molecular weight excluding hydrogens is 434 g/mol. The summed E-state index contributed by atoms with van der Waals surface area (Å²) in [6.45, 7) is 6.04.